The van der Waals surface area contributed by atoms with Gasteiger partial charge in [0.25, 0.3) is 0 Å². The van der Waals surface area contributed by atoms with E-state index in [2.05, 4.69) is 10.2 Å². The molecule has 0 bridgehead atoms. The van der Waals surface area contributed by atoms with Gasteiger partial charge in [-0.1, -0.05) is 0 Å². The van der Waals surface area contributed by atoms with E-state index in [0.717, 1.165) is 0 Å². The van der Waals surface area contributed by atoms with E-state index in [1.807, 2.05) is 0 Å². The Morgan fingerprint density at radius 1 is 1.18 bits per heavy atom. The molecule has 2 aromatic rings. The van der Waals surface area contributed by atoms with Crippen molar-refractivity contribution >= 4 is 5.78 Å². The third-order valence-corrected chi connectivity index (χ3v) is 2.41. The molecule has 0 radical (unpaired) electrons. The fourth-order valence-electron chi connectivity index (χ4n) is 1.52. The smallest absolute Gasteiger partial charge is 0.196 e. The van der Waals surface area contributed by atoms with Crippen LogP contribution in [0.5, 0.6) is 11.5 Å². The Balaban J connectivity index is 2.37. The molecule has 0 atom stereocenters. The summed E-state index contributed by atoms with van der Waals surface area (Å²) in [5.41, 5.74) is 1.04. The molecule has 0 fully saturated rings. The minimum absolute atomic E-state index is 0.111. The number of aromatic amines is 1. The van der Waals surface area contributed by atoms with Crippen molar-refractivity contribution in [1.82, 2.24) is 10.2 Å². The average Bonchev–Trinajstić information content (AvgIpc) is 2.90. The quantitative estimate of drug-likeness (QED) is 0.814. The maximum absolute atomic E-state index is 12.0. The number of methoxy groups -OCH3 is 2. The van der Waals surface area contributed by atoms with Crippen molar-refractivity contribution < 1.29 is 14.3 Å². The molecule has 1 aromatic carbocycles. The lowest BCUT2D eigenvalue weighted by atomic mass is 10.1. The summed E-state index contributed by atoms with van der Waals surface area (Å²) in [5, 5.41) is 6.35. The number of benzene rings is 1. The van der Waals surface area contributed by atoms with Gasteiger partial charge in [-0.15, -0.1) is 0 Å². The van der Waals surface area contributed by atoms with Gasteiger partial charge in [0.05, 0.1) is 26.0 Å². The molecular formula is C12H12N2O3. The van der Waals surface area contributed by atoms with Gasteiger partial charge in [0, 0.05) is 11.8 Å². The summed E-state index contributed by atoms with van der Waals surface area (Å²) in [5.74, 6) is 1.01. The predicted octanol–water partition coefficient (Wildman–Crippen LogP) is 1.66. The maximum atomic E-state index is 12.0. The van der Waals surface area contributed by atoms with Crippen molar-refractivity contribution in [2.75, 3.05) is 14.2 Å². The first kappa shape index (κ1) is 11.2. The van der Waals surface area contributed by atoms with E-state index in [9.17, 15) is 4.79 Å². The number of rotatable bonds is 4. The van der Waals surface area contributed by atoms with E-state index in [4.69, 9.17) is 9.47 Å². The molecule has 1 N–H and O–H groups in total. The summed E-state index contributed by atoms with van der Waals surface area (Å²) < 4.78 is 10.3. The molecule has 0 aliphatic rings. The molecule has 0 unspecified atom stereocenters. The molecule has 2 rings (SSSR count). The normalized spacial score (nSPS) is 10.0. The molecule has 0 amide bonds. The van der Waals surface area contributed by atoms with Crippen LogP contribution in [-0.4, -0.2) is 30.2 Å². The van der Waals surface area contributed by atoms with Crippen molar-refractivity contribution in [2.24, 2.45) is 0 Å². The van der Waals surface area contributed by atoms with E-state index in [0.29, 0.717) is 22.6 Å². The number of nitrogens with one attached hydrogen (secondary N) is 1. The van der Waals surface area contributed by atoms with E-state index < -0.39 is 0 Å². The number of carbonyl (C=O) groups is 1. The summed E-state index contributed by atoms with van der Waals surface area (Å²) in [7, 11) is 3.08. The van der Waals surface area contributed by atoms with Crippen LogP contribution in [0.15, 0.2) is 30.6 Å². The number of aromatic nitrogens is 2. The second kappa shape index (κ2) is 4.69. The van der Waals surface area contributed by atoms with Crippen LogP contribution in [0.1, 0.15) is 15.9 Å². The number of H-pyrrole nitrogens is 1. The van der Waals surface area contributed by atoms with Gasteiger partial charge < -0.3 is 9.47 Å². The Labute approximate surface area is 98.4 Å². The van der Waals surface area contributed by atoms with Crippen LogP contribution in [0.4, 0.5) is 0 Å². The van der Waals surface area contributed by atoms with Crippen molar-refractivity contribution in [3.63, 3.8) is 0 Å². The molecule has 0 spiro atoms. The summed E-state index contributed by atoms with van der Waals surface area (Å²) in [4.78, 5) is 12.0. The van der Waals surface area contributed by atoms with Crippen LogP contribution in [0.25, 0.3) is 0 Å². The van der Waals surface area contributed by atoms with E-state index in [1.54, 1.807) is 31.5 Å². The Bertz CT molecular complexity index is 521. The number of hydrogen-bond acceptors (Lipinski definition) is 4. The first-order chi connectivity index (χ1) is 8.26. The zero-order valence-electron chi connectivity index (χ0n) is 9.56. The lowest BCUT2D eigenvalue weighted by Crippen LogP contribution is -2.01. The lowest BCUT2D eigenvalue weighted by molar-refractivity contribution is 0.103. The molecule has 0 aliphatic heterocycles. The van der Waals surface area contributed by atoms with Crippen LogP contribution in [0, 0.1) is 0 Å². The zero-order chi connectivity index (χ0) is 12.3. The van der Waals surface area contributed by atoms with Gasteiger partial charge in [-0.3, -0.25) is 9.89 Å². The first-order valence-corrected chi connectivity index (χ1v) is 5.01. The molecule has 88 valence electrons. The van der Waals surface area contributed by atoms with Gasteiger partial charge in [0.2, 0.25) is 0 Å². The zero-order valence-corrected chi connectivity index (χ0v) is 9.56. The Morgan fingerprint density at radius 3 is 2.53 bits per heavy atom. The molecule has 1 heterocycles. The summed E-state index contributed by atoms with van der Waals surface area (Å²) >= 11 is 0. The second-order valence-corrected chi connectivity index (χ2v) is 3.39. The SMILES string of the molecule is COc1ccc(C(=O)c2cn[nH]c2)cc1OC. The van der Waals surface area contributed by atoms with Crippen molar-refractivity contribution in [2.45, 2.75) is 0 Å². The highest BCUT2D eigenvalue weighted by Gasteiger charge is 2.13. The monoisotopic (exact) mass is 232 g/mol. The molecule has 5 nitrogen and oxygen atoms in total. The van der Waals surface area contributed by atoms with Gasteiger partial charge in [-0.05, 0) is 18.2 Å². The van der Waals surface area contributed by atoms with E-state index in [1.165, 1.54) is 13.3 Å². The fourth-order valence-corrected chi connectivity index (χ4v) is 1.52. The topological polar surface area (TPSA) is 64.2 Å². The number of hydrogen-bond donors (Lipinski definition) is 1. The molecule has 5 heteroatoms. The van der Waals surface area contributed by atoms with Crippen molar-refractivity contribution in [3.05, 3.63) is 41.7 Å². The van der Waals surface area contributed by atoms with Crippen LogP contribution in [-0.2, 0) is 0 Å². The van der Waals surface area contributed by atoms with E-state index in [-0.39, 0.29) is 5.78 Å². The minimum Gasteiger partial charge on any atom is -0.493 e. The molecule has 17 heavy (non-hydrogen) atoms. The highest BCUT2D eigenvalue weighted by molar-refractivity contribution is 6.09. The van der Waals surface area contributed by atoms with Crippen molar-refractivity contribution in [1.29, 1.82) is 0 Å². The van der Waals surface area contributed by atoms with Gasteiger partial charge in [0.1, 0.15) is 0 Å². The molecular weight excluding hydrogens is 220 g/mol. The molecule has 0 saturated carbocycles. The van der Waals surface area contributed by atoms with Gasteiger partial charge in [0.15, 0.2) is 17.3 Å². The highest BCUT2D eigenvalue weighted by Crippen LogP contribution is 2.28. The van der Waals surface area contributed by atoms with Gasteiger partial charge in [-0.25, -0.2) is 0 Å². The van der Waals surface area contributed by atoms with Crippen LogP contribution in [0.3, 0.4) is 0 Å². The molecule has 0 saturated heterocycles. The minimum atomic E-state index is -0.111. The van der Waals surface area contributed by atoms with Crippen LogP contribution in [0.2, 0.25) is 0 Å². The van der Waals surface area contributed by atoms with Gasteiger partial charge in [-0.2, -0.15) is 5.10 Å². The number of ketones is 1. The number of carbonyl (C=O) groups excluding carboxylic acids is 1. The fraction of sp³-hybridized carbons (Fsp3) is 0.167. The molecule has 0 aliphatic carbocycles. The van der Waals surface area contributed by atoms with Crippen molar-refractivity contribution in [3.8, 4) is 11.5 Å². The first-order valence-electron chi connectivity index (χ1n) is 5.01. The van der Waals surface area contributed by atoms with Gasteiger partial charge >= 0.3 is 0 Å². The standard InChI is InChI=1S/C12H12N2O3/c1-16-10-4-3-8(5-11(10)17-2)12(15)9-6-13-14-7-9/h3-7H,1-2H3,(H,13,14). The third-order valence-electron chi connectivity index (χ3n) is 2.41. The summed E-state index contributed by atoms with van der Waals surface area (Å²) in [6.07, 6.45) is 3.04. The van der Waals surface area contributed by atoms with E-state index >= 15 is 0 Å². The largest absolute Gasteiger partial charge is 0.493 e. The molecule has 1 aromatic heterocycles. The average molecular weight is 232 g/mol. The second-order valence-electron chi connectivity index (χ2n) is 3.39. The number of ether oxygens (including phenoxy) is 2. The number of nitrogens with zero attached hydrogens (tertiary/aromatic N) is 1. The predicted molar refractivity (Wildman–Crippen MR) is 61.6 cm³/mol. The Morgan fingerprint density at radius 2 is 1.94 bits per heavy atom. The maximum Gasteiger partial charge on any atom is 0.196 e. The van der Waals surface area contributed by atoms with Crippen LogP contribution >= 0.6 is 0 Å². The summed E-state index contributed by atoms with van der Waals surface area (Å²) in [6.45, 7) is 0. The van der Waals surface area contributed by atoms with Crippen LogP contribution < -0.4 is 9.47 Å². The lowest BCUT2D eigenvalue weighted by Gasteiger charge is -2.08. The third kappa shape index (κ3) is 2.13. The highest BCUT2D eigenvalue weighted by atomic mass is 16.5. The Kier molecular flexibility index (Phi) is 3.09. The Hall–Kier alpha value is -2.30. The summed E-state index contributed by atoms with van der Waals surface area (Å²) in [6, 6.07) is 5.04.